The van der Waals surface area contributed by atoms with Gasteiger partial charge in [0.25, 0.3) is 5.91 Å². The molecule has 0 atom stereocenters. The van der Waals surface area contributed by atoms with Gasteiger partial charge < -0.3 is 14.7 Å². The summed E-state index contributed by atoms with van der Waals surface area (Å²) in [6, 6.07) is 5.75. The average molecular weight is 251 g/mol. The zero-order valence-electron chi connectivity index (χ0n) is 11.3. The first-order valence-corrected chi connectivity index (χ1v) is 6.17. The third-order valence-corrected chi connectivity index (χ3v) is 2.95. The van der Waals surface area contributed by atoms with Crippen LogP contribution in [0.1, 0.15) is 18.1 Å². The molecule has 1 aromatic rings. The molecule has 0 heterocycles. The van der Waals surface area contributed by atoms with E-state index in [0.29, 0.717) is 18.8 Å². The molecule has 0 spiro atoms. The lowest BCUT2D eigenvalue weighted by molar-refractivity contribution is -0.133. The fourth-order valence-corrected chi connectivity index (χ4v) is 1.62. The second kappa shape index (κ2) is 7.01. The molecule has 0 radical (unpaired) electrons. The lowest BCUT2D eigenvalue weighted by Gasteiger charge is -2.19. The Morgan fingerprint density at radius 1 is 1.33 bits per heavy atom. The molecule has 0 unspecified atom stereocenters. The van der Waals surface area contributed by atoms with Crippen LogP contribution in [0.15, 0.2) is 18.2 Å². The van der Waals surface area contributed by atoms with Gasteiger partial charge in [0.1, 0.15) is 5.75 Å². The molecule has 1 rings (SSSR count). The minimum absolute atomic E-state index is 0.0103. The SMILES string of the molecule is CCN(CCO)C(=O)COc1ccc(C)c(C)c1. The predicted octanol–water partition coefficient (Wildman–Crippen LogP) is 1.52. The van der Waals surface area contributed by atoms with Crippen LogP contribution >= 0.6 is 0 Å². The van der Waals surface area contributed by atoms with Gasteiger partial charge in [0, 0.05) is 13.1 Å². The number of aryl methyl sites for hydroxylation is 2. The first-order chi connectivity index (χ1) is 8.58. The van der Waals surface area contributed by atoms with Gasteiger partial charge in [0.05, 0.1) is 6.61 Å². The molecular formula is C14H21NO3. The van der Waals surface area contributed by atoms with Gasteiger partial charge in [-0.3, -0.25) is 4.79 Å². The molecule has 0 aliphatic rings. The van der Waals surface area contributed by atoms with Crippen LogP contribution in [0.5, 0.6) is 5.75 Å². The van der Waals surface area contributed by atoms with Crippen molar-refractivity contribution in [3.63, 3.8) is 0 Å². The quantitative estimate of drug-likeness (QED) is 0.834. The van der Waals surface area contributed by atoms with E-state index in [-0.39, 0.29) is 19.1 Å². The highest BCUT2D eigenvalue weighted by Gasteiger charge is 2.11. The Kier molecular flexibility index (Phi) is 5.65. The number of nitrogens with zero attached hydrogens (tertiary/aromatic N) is 1. The number of likely N-dealkylation sites (N-methyl/N-ethyl adjacent to an activating group) is 1. The summed E-state index contributed by atoms with van der Waals surface area (Å²) in [7, 11) is 0. The number of aliphatic hydroxyl groups excluding tert-OH is 1. The van der Waals surface area contributed by atoms with Crippen LogP contribution in [0, 0.1) is 13.8 Å². The van der Waals surface area contributed by atoms with Gasteiger partial charge in [-0.05, 0) is 44.0 Å². The summed E-state index contributed by atoms with van der Waals surface area (Å²) in [5.74, 6) is 0.594. The van der Waals surface area contributed by atoms with Gasteiger partial charge in [-0.25, -0.2) is 0 Å². The maximum absolute atomic E-state index is 11.8. The molecule has 0 bridgehead atoms. The van der Waals surface area contributed by atoms with Crippen molar-refractivity contribution < 1.29 is 14.6 Å². The molecule has 0 aliphatic heterocycles. The van der Waals surface area contributed by atoms with Gasteiger partial charge >= 0.3 is 0 Å². The highest BCUT2D eigenvalue weighted by Crippen LogP contribution is 2.16. The second-order valence-electron chi connectivity index (χ2n) is 4.23. The third kappa shape index (κ3) is 4.04. The number of carbonyl (C=O) groups is 1. The van der Waals surface area contributed by atoms with E-state index >= 15 is 0 Å². The van der Waals surface area contributed by atoms with Crippen molar-refractivity contribution in [1.82, 2.24) is 4.90 Å². The fourth-order valence-electron chi connectivity index (χ4n) is 1.62. The maximum atomic E-state index is 11.8. The van der Waals surface area contributed by atoms with Crippen LogP contribution in [-0.4, -0.2) is 42.2 Å². The van der Waals surface area contributed by atoms with Crippen LogP contribution in [0.4, 0.5) is 0 Å². The van der Waals surface area contributed by atoms with Crippen molar-refractivity contribution >= 4 is 5.91 Å². The summed E-state index contributed by atoms with van der Waals surface area (Å²) in [4.78, 5) is 13.3. The fraction of sp³-hybridized carbons (Fsp3) is 0.500. The molecule has 100 valence electrons. The monoisotopic (exact) mass is 251 g/mol. The Balaban J connectivity index is 2.53. The first kappa shape index (κ1) is 14.5. The van der Waals surface area contributed by atoms with Crippen molar-refractivity contribution in [2.75, 3.05) is 26.3 Å². The molecular weight excluding hydrogens is 230 g/mol. The van der Waals surface area contributed by atoms with E-state index in [0.717, 1.165) is 5.56 Å². The predicted molar refractivity (Wildman–Crippen MR) is 70.8 cm³/mol. The Morgan fingerprint density at radius 3 is 2.61 bits per heavy atom. The zero-order chi connectivity index (χ0) is 13.5. The van der Waals surface area contributed by atoms with Crippen molar-refractivity contribution in [1.29, 1.82) is 0 Å². The summed E-state index contributed by atoms with van der Waals surface area (Å²) in [6.45, 7) is 6.84. The van der Waals surface area contributed by atoms with E-state index in [2.05, 4.69) is 0 Å². The van der Waals surface area contributed by atoms with Gasteiger partial charge in [0.2, 0.25) is 0 Å². The lowest BCUT2D eigenvalue weighted by atomic mass is 10.1. The molecule has 0 aliphatic carbocycles. The number of rotatable bonds is 6. The van der Waals surface area contributed by atoms with Crippen molar-refractivity contribution in [3.8, 4) is 5.75 Å². The molecule has 0 fully saturated rings. The van der Waals surface area contributed by atoms with Crippen molar-refractivity contribution in [2.24, 2.45) is 0 Å². The normalized spacial score (nSPS) is 10.2. The summed E-state index contributed by atoms with van der Waals surface area (Å²) in [5.41, 5.74) is 2.34. The molecule has 1 N–H and O–H groups in total. The minimum atomic E-state index is -0.107. The highest BCUT2D eigenvalue weighted by molar-refractivity contribution is 5.77. The van der Waals surface area contributed by atoms with Crippen molar-refractivity contribution in [2.45, 2.75) is 20.8 Å². The molecule has 4 nitrogen and oxygen atoms in total. The van der Waals surface area contributed by atoms with Gasteiger partial charge in [0.15, 0.2) is 6.61 Å². The number of ether oxygens (including phenoxy) is 1. The van der Waals surface area contributed by atoms with E-state index in [1.54, 1.807) is 4.90 Å². The Hall–Kier alpha value is -1.55. The zero-order valence-corrected chi connectivity index (χ0v) is 11.3. The second-order valence-corrected chi connectivity index (χ2v) is 4.23. The molecule has 18 heavy (non-hydrogen) atoms. The minimum Gasteiger partial charge on any atom is -0.484 e. The molecule has 4 heteroatoms. The van der Waals surface area contributed by atoms with Crippen LogP contribution in [0.25, 0.3) is 0 Å². The topological polar surface area (TPSA) is 49.8 Å². The number of hydrogen-bond donors (Lipinski definition) is 1. The van der Waals surface area contributed by atoms with E-state index in [1.807, 2.05) is 39.0 Å². The Bertz CT molecular complexity index is 404. The number of aliphatic hydroxyl groups is 1. The standard InChI is InChI=1S/C14H21NO3/c1-4-15(7-8-16)14(17)10-18-13-6-5-11(2)12(3)9-13/h5-6,9,16H,4,7-8,10H2,1-3H3. The maximum Gasteiger partial charge on any atom is 0.260 e. The Labute approximate surface area is 108 Å². The average Bonchev–Trinajstić information content (AvgIpc) is 2.37. The van der Waals surface area contributed by atoms with Crippen molar-refractivity contribution in [3.05, 3.63) is 29.3 Å². The summed E-state index contributed by atoms with van der Waals surface area (Å²) >= 11 is 0. The third-order valence-electron chi connectivity index (χ3n) is 2.95. The summed E-state index contributed by atoms with van der Waals surface area (Å²) < 4.78 is 5.46. The number of carbonyl (C=O) groups excluding carboxylic acids is 1. The smallest absolute Gasteiger partial charge is 0.260 e. The van der Waals surface area contributed by atoms with Gasteiger partial charge in [-0.2, -0.15) is 0 Å². The molecule has 1 amide bonds. The highest BCUT2D eigenvalue weighted by atomic mass is 16.5. The van der Waals surface area contributed by atoms with Crippen LogP contribution in [0.3, 0.4) is 0 Å². The molecule has 0 saturated heterocycles. The van der Waals surface area contributed by atoms with E-state index in [9.17, 15) is 4.79 Å². The van der Waals surface area contributed by atoms with Gasteiger partial charge in [-0.15, -0.1) is 0 Å². The largest absolute Gasteiger partial charge is 0.484 e. The lowest BCUT2D eigenvalue weighted by Crippen LogP contribution is -2.36. The number of amides is 1. The summed E-state index contributed by atoms with van der Waals surface area (Å²) in [5, 5.41) is 8.83. The van der Waals surface area contributed by atoms with Crippen LogP contribution in [0.2, 0.25) is 0 Å². The summed E-state index contributed by atoms with van der Waals surface area (Å²) in [6.07, 6.45) is 0. The van der Waals surface area contributed by atoms with Gasteiger partial charge in [-0.1, -0.05) is 6.07 Å². The number of benzene rings is 1. The molecule has 1 aromatic carbocycles. The number of hydrogen-bond acceptors (Lipinski definition) is 3. The molecule has 0 saturated carbocycles. The van der Waals surface area contributed by atoms with E-state index < -0.39 is 0 Å². The van der Waals surface area contributed by atoms with E-state index in [1.165, 1.54) is 5.56 Å². The molecule has 0 aromatic heterocycles. The van der Waals surface area contributed by atoms with Crippen LogP contribution < -0.4 is 4.74 Å². The van der Waals surface area contributed by atoms with E-state index in [4.69, 9.17) is 9.84 Å². The van der Waals surface area contributed by atoms with Crippen LogP contribution in [-0.2, 0) is 4.79 Å². The first-order valence-electron chi connectivity index (χ1n) is 6.17. The Morgan fingerprint density at radius 2 is 2.06 bits per heavy atom.